The minimum atomic E-state index is -3.76. The van der Waals surface area contributed by atoms with Crippen molar-refractivity contribution >= 4 is 27.3 Å². The van der Waals surface area contributed by atoms with E-state index in [2.05, 4.69) is 5.32 Å². The quantitative estimate of drug-likeness (QED) is 0.852. The van der Waals surface area contributed by atoms with E-state index in [9.17, 15) is 22.0 Å². The van der Waals surface area contributed by atoms with Crippen LogP contribution in [0.4, 0.5) is 20.2 Å². The van der Waals surface area contributed by atoms with Crippen LogP contribution in [0, 0.1) is 18.6 Å². The Labute approximate surface area is 145 Å². The number of hydrogen-bond donors (Lipinski definition) is 1. The largest absolute Gasteiger partial charge is 0.326 e. The smallest absolute Gasteiger partial charge is 0.232 e. The Hall–Kier alpha value is -2.48. The average molecular weight is 368 g/mol. The number of nitrogens with zero attached hydrogens (tertiary/aromatic N) is 1. The van der Waals surface area contributed by atoms with Gasteiger partial charge in [0.15, 0.2) is 11.6 Å². The van der Waals surface area contributed by atoms with Crippen molar-refractivity contribution in [2.24, 2.45) is 0 Å². The summed E-state index contributed by atoms with van der Waals surface area (Å²) in [5.74, 6) is -2.62. The number of amides is 1. The molecule has 2 aromatic carbocycles. The topological polar surface area (TPSA) is 66.5 Å². The predicted molar refractivity (Wildman–Crippen MR) is 93.0 cm³/mol. The Bertz CT molecular complexity index is 868. The van der Waals surface area contributed by atoms with Gasteiger partial charge >= 0.3 is 0 Å². The summed E-state index contributed by atoms with van der Waals surface area (Å²) in [6.45, 7) is 1.72. The third kappa shape index (κ3) is 5.25. The molecule has 1 N–H and O–H groups in total. The van der Waals surface area contributed by atoms with Gasteiger partial charge in [0.2, 0.25) is 15.9 Å². The van der Waals surface area contributed by atoms with E-state index < -0.39 is 21.7 Å². The van der Waals surface area contributed by atoms with Crippen LogP contribution in [-0.2, 0) is 14.8 Å². The number of rotatable bonds is 6. The van der Waals surface area contributed by atoms with Gasteiger partial charge < -0.3 is 5.32 Å². The zero-order chi connectivity index (χ0) is 18.6. The first-order chi connectivity index (χ1) is 11.7. The highest BCUT2D eigenvalue weighted by molar-refractivity contribution is 7.92. The minimum absolute atomic E-state index is 0.0375. The standard InChI is InChI=1S/C17H18F2N2O3S/c1-12-3-5-13(6-4-12)20-17(22)9-10-21(25(2,23)24)14-7-8-15(18)16(19)11-14/h3-8,11H,9-10H2,1-2H3,(H,20,22). The van der Waals surface area contributed by atoms with Crippen molar-refractivity contribution < 1.29 is 22.0 Å². The Morgan fingerprint density at radius 1 is 1.08 bits per heavy atom. The fourth-order valence-corrected chi connectivity index (χ4v) is 3.11. The summed E-state index contributed by atoms with van der Waals surface area (Å²) < 4.78 is 51.1. The lowest BCUT2D eigenvalue weighted by Gasteiger charge is -2.22. The zero-order valence-electron chi connectivity index (χ0n) is 13.8. The molecule has 1 amide bonds. The zero-order valence-corrected chi connectivity index (χ0v) is 14.6. The van der Waals surface area contributed by atoms with Crippen LogP contribution in [0.5, 0.6) is 0 Å². The first kappa shape index (κ1) is 18.9. The van der Waals surface area contributed by atoms with Crippen LogP contribution in [-0.4, -0.2) is 27.1 Å². The molecule has 0 fully saturated rings. The summed E-state index contributed by atoms with van der Waals surface area (Å²) in [5.41, 5.74) is 1.60. The molecule has 0 aromatic heterocycles. The van der Waals surface area contributed by atoms with E-state index in [1.807, 2.05) is 19.1 Å². The van der Waals surface area contributed by atoms with Crippen molar-refractivity contribution in [3.05, 3.63) is 59.7 Å². The van der Waals surface area contributed by atoms with Crippen molar-refractivity contribution in [3.63, 3.8) is 0 Å². The SMILES string of the molecule is Cc1ccc(NC(=O)CCN(c2ccc(F)c(F)c2)S(C)(=O)=O)cc1. The van der Waals surface area contributed by atoms with E-state index in [-0.39, 0.29) is 24.6 Å². The van der Waals surface area contributed by atoms with Crippen molar-refractivity contribution in [1.82, 2.24) is 0 Å². The number of aryl methyl sites for hydroxylation is 1. The number of halogens is 2. The van der Waals surface area contributed by atoms with E-state index in [1.54, 1.807) is 12.1 Å². The molecule has 0 saturated carbocycles. The second-order valence-corrected chi connectivity index (χ2v) is 7.50. The molecule has 5 nitrogen and oxygen atoms in total. The maximum atomic E-state index is 13.4. The Kier molecular flexibility index (Phi) is 5.73. The number of hydrogen-bond acceptors (Lipinski definition) is 3. The predicted octanol–water partition coefficient (Wildman–Crippen LogP) is 3.07. The molecule has 0 aliphatic heterocycles. The highest BCUT2D eigenvalue weighted by Crippen LogP contribution is 2.21. The Morgan fingerprint density at radius 2 is 1.72 bits per heavy atom. The van der Waals surface area contributed by atoms with Gasteiger partial charge in [-0.25, -0.2) is 17.2 Å². The molecule has 2 rings (SSSR count). The van der Waals surface area contributed by atoms with E-state index >= 15 is 0 Å². The summed E-state index contributed by atoms with van der Waals surface area (Å²) in [7, 11) is -3.76. The molecule has 0 heterocycles. The monoisotopic (exact) mass is 368 g/mol. The van der Waals surface area contributed by atoms with Crippen LogP contribution in [0.1, 0.15) is 12.0 Å². The third-order valence-electron chi connectivity index (χ3n) is 3.47. The molecule has 25 heavy (non-hydrogen) atoms. The fraction of sp³-hybridized carbons (Fsp3) is 0.235. The van der Waals surface area contributed by atoms with Crippen molar-refractivity contribution in [2.45, 2.75) is 13.3 Å². The number of benzene rings is 2. The molecule has 0 unspecified atom stereocenters. The van der Waals surface area contributed by atoms with Gasteiger partial charge in [-0.2, -0.15) is 0 Å². The van der Waals surface area contributed by atoms with Crippen LogP contribution < -0.4 is 9.62 Å². The van der Waals surface area contributed by atoms with Crippen molar-refractivity contribution in [2.75, 3.05) is 22.4 Å². The highest BCUT2D eigenvalue weighted by atomic mass is 32.2. The number of nitrogens with one attached hydrogen (secondary N) is 1. The molecule has 134 valence electrons. The summed E-state index contributed by atoms with van der Waals surface area (Å²) >= 11 is 0. The number of anilines is 2. The third-order valence-corrected chi connectivity index (χ3v) is 4.66. The van der Waals surface area contributed by atoms with Gasteiger partial charge in [-0.1, -0.05) is 17.7 Å². The number of carbonyl (C=O) groups is 1. The number of carbonyl (C=O) groups excluding carboxylic acids is 1. The lowest BCUT2D eigenvalue weighted by molar-refractivity contribution is -0.116. The van der Waals surface area contributed by atoms with Crippen LogP contribution >= 0.6 is 0 Å². The van der Waals surface area contributed by atoms with Gasteiger partial charge in [-0.3, -0.25) is 9.10 Å². The lowest BCUT2D eigenvalue weighted by atomic mass is 10.2. The molecule has 0 spiro atoms. The van der Waals surface area contributed by atoms with Gasteiger partial charge in [0.25, 0.3) is 0 Å². The fourth-order valence-electron chi connectivity index (χ4n) is 2.19. The normalized spacial score (nSPS) is 11.2. The summed E-state index contributed by atoms with van der Waals surface area (Å²) in [4.78, 5) is 12.0. The summed E-state index contributed by atoms with van der Waals surface area (Å²) in [6.07, 6.45) is 0.798. The molecular formula is C17H18F2N2O3S. The molecule has 0 bridgehead atoms. The van der Waals surface area contributed by atoms with Crippen LogP contribution in [0.2, 0.25) is 0 Å². The van der Waals surface area contributed by atoms with Gasteiger partial charge in [-0.15, -0.1) is 0 Å². The molecular weight excluding hydrogens is 350 g/mol. The van der Waals surface area contributed by atoms with Crippen LogP contribution in [0.25, 0.3) is 0 Å². The maximum absolute atomic E-state index is 13.4. The Balaban J connectivity index is 2.08. The highest BCUT2D eigenvalue weighted by Gasteiger charge is 2.20. The molecule has 2 aromatic rings. The summed E-state index contributed by atoms with van der Waals surface area (Å²) in [5, 5.41) is 2.65. The Morgan fingerprint density at radius 3 is 2.28 bits per heavy atom. The molecule has 8 heteroatoms. The van der Waals surface area contributed by atoms with E-state index in [4.69, 9.17) is 0 Å². The van der Waals surface area contributed by atoms with E-state index in [0.29, 0.717) is 5.69 Å². The molecule has 0 atom stereocenters. The van der Waals surface area contributed by atoms with Gasteiger partial charge in [0.1, 0.15) is 0 Å². The van der Waals surface area contributed by atoms with Crippen molar-refractivity contribution in [3.8, 4) is 0 Å². The van der Waals surface area contributed by atoms with E-state index in [0.717, 1.165) is 34.3 Å². The molecule has 0 saturated heterocycles. The first-order valence-corrected chi connectivity index (χ1v) is 9.31. The first-order valence-electron chi connectivity index (χ1n) is 7.46. The van der Waals surface area contributed by atoms with Gasteiger partial charge in [0, 0.05) is 24.7 Å². The van der Waals surface area contributed by atoms with Crippen molar-refractivity contribution in [1.29, 1.82) is 0 Å². The minimum Gasteiger partial charge on any atom is -0.326 e. The molecule has 0 radical (unpaired) electrons. The summed E-state index contributed by atoms with van der Waals surface area (Å²) in [6, 6.07) is 9.91. The second-order valence-electron chi connectivity index (χ2n) is 5.60. The van der Waals surface area contributed by atoms with Gasteiger partial charge in [0.05, 0.1) is 11.9 Å². The molecule has 0 aliphatic carbocycles. The number of sulfonamides is 1. The van der Waals surface area contributed by atoms with Gasteiger partial charge in [-0.05, 0) is 31.2 Å². The van der Waals surface area contributed by atoms with Crippen LogP contribution in [0.15, 0.2) is 42.5 Å². The average Bonchev–Trinajstić information content (AvgIpc) is 2.52. The lowest BCUT2D eigenvalue weighted by Crippen LogP contribution is -2.33. The van der Waals surface area contributed by atoms with E-state index in [1.165, 1.54) is 0 Å². The van der Waals surface area contributed by atoms with Crippen LogP contribution in [0.3, 0.4) is 0 Å². The second kappa shape index (κ2) is 7.60. The maximum Gasteiger partial charge on any atom is 0.232 e. The molecule has 0 aliphatic rings.